The fraction of sp³-hybridized carbons (Fsp3) is 0.263. The van der Waals surface area contributed by atoms with Crippen molar-refractivity contribution >= 4 is 27.5 Å². The molecule has 0 heterocycles. The number of sulfone groups is 1. The quantitative estimate of drug-likeness (QED) is 0.706. The topological polar surface area (TPSA) is 104 Å². The Morgan fingerprint density at radius 1 is 1.04 bits per heavy atom. The summed E-state index contributed by atoms with van der Waals surface area (Å²) in [5.41, 5.74) is 1.68. The van der Waals surface area contributed by atoms with Crippen molar-refractivity contribution in [3.05, 3.63) is 59.7 Å². The number of hydrogen-bond acceptors (Lipinski definition) is 4. The zero-order chi connectivity index (χ0) is 20.0. The molecule has 0 atom stereocenters. The molecule has 144 valence electrons. The summed E-state index contributed by atoms with van der Waals surface area (Å²) in [7, 11) is -3.34. The Morgan fingerprint density at radius 3 is 2.30 bits per heavy atom. The monoisotopic (exact) mass is 389 g/mol. The summed E-state index contributed by atoms with van der Waals surface area (Å²) in [5.74, 6) is -0.349. The van der Waals surface area contributed by atoms with E-state index < -0.39 is 9.84 Å². The van der Waals surface area contributed by atoms with Crippen LogP contribution in [0.2, 0.25) is 0 Å². The van der Waals surface area contributed by atoms with Crippen molar-refractivity contribution in [1.29, 1.82) is 0 Å². The maximum absolute atomic E-state index is 12.3. The standard InChI is InChI=1S/C19H23N3O4S/c1-13(2)21-19(24)20-12-14-7-9-15(10-8-14)18(23)22-16-5-4-6-17(11-16)27(3,25)26/h4-11,13H,12H2,1-3H3,(H,22,23)(H2,20,21,24). The largest absolute Gasteiger partial charge is 0.336 e. The van der Waals surface area contributed by atoms with Crippen molar-refractivity contribution in [3.8, 4) is 0 Å². The molecule has 3 N–H and O–H groups in total. The molecule has 2 rings (SSSR count). The van der Waals surface area contributed by atoms with Gasteiger partial charge in [0.2, 0.25) is 0 Å². The van der Waals surface area contributed by atoms with Crippen LogP contribution < -0.4 is 16.0 Å². The smallest absolute Gasteiger partial charge is 0.315 e. The lowest BCUT2D eigenvalue weighted by Gasteiger charge is -2.10. The van der Waals surface area contributed by atoms with E-state index in [1.807, 2.05) is 13.8 Å². The number of rotatable bonds is 6. The SMILES string of the molecule is CC(C)NC(=O)NCc1ccc(C(=O)Nc2cccc(S(C)(=O)=O)c2)cc1. The lowest BCUT2D eigenvalue weighted by molar-refractivity contribution is 0.102. The second-order valence-electron chi connectivity index (χ2n) is 6.43. The van der Waals surface area contributed by atoms with Crippen LogP contribution in [0.3, 0.4) is 0 Å². The van der Waals surface area contributed by atoms with Crippen LogP contribution in [0.25, 0.3) is 0 Å². The van der Waals surface area contributed by atoms with Gasteiger partial charge in [0.05, 0.1) is 4.90 Å². The van der Waals surface area contributed by atoms with E-state index in [4.69, 9.17) is 0 Å². The molecule has 0 bridgehead atoms. The van der Waals surface area contributed by atoms with Crippen LogP contribution in [-0.2, 0) is 16.4 Å². The molecule has 0 aliphatic heterocycles. The zero-order valence-corrected chi connectivity index (χ0v) is 16.3. The van der Waals surface area contributed by atoms with E-state index in [-0.39, 0.29) is 22.9 Å². The highest BCUT2D eigenvalue weighted by Gasteiger charge is 2.10. The predicted octanol–water partition coefficient (Wildman–Crippen LogP) is 2.55. The highest BCUT2D eigenvalue weighted by atomic mass is 32.2. The summed E-state index contributed by atoms with van der Waals surface area (Å²) in [6.45, 7) is 4.09. The van der Waals surface area contributed by atoms with Gasteiger partial charge in [-0.05, 0) is 49.7 Å². The minimum Gasteiger partial charge on any atom is -0.336 e. The summed E-state index contributed by atoms with van der Waals surface area (Å²) in [6, 6.07) is 12.7. The first-order valence-corrected chi connectivity index (χ1v) is 10.3. The summed E-state index contributed by atoms with van der Waals surface area (Å²) in [6.07, 6.45) is 1.11. The number of nitrogens with one attached hydrogen (secondary N) is 3. The number of carbonyl (C=O) groups is 2. The number of amides is 3. The van der Waals surface area contributed by atoms with Crippen molar-refractivity contribution in [2.24, 2.45) is 0 Å². The Morgan fingerprint density at radius 2 is 1.70 bits per heavy atom. The Bertz CT molecular complexity index is 922. The molecule has 2 aromatic carbocycles. The first-order chi connectivity index (χ1) is 12.6. The molecule has 0 fully saturated rings. The minimum atomic E-state index is -3.34. The van der Waals surface area contributed by atoms with Gasteiger partial charge < -0.3 is 16.0 Å². The van der Waals surface area contributed by atoms with Gasteiger partial charge in [0.1, 0.15) is 0 Å². The van der Waals surface area contributed by atoms with E-state index in [0.717, 1.165) is 11.8 Å². The Kier molecular flexibility index (Phi) is 6.57. The van der Waals surface area contributed by atoms with Crippen LogP contribution in [0.5, 0.6) is 0 Å². The molecule has 0 aliphatic carbocycles. The third kappa shape index (κ3) is 6.41. The van der Waals surface area contributed by atoms with Crippen LogP contribution in [0.15, 0.2) is 53.4 Å². The number of benzene rings is 2. The molecule has 0 saturated heterocycles. The van der Waals surface area contributed by atoms with Gasteiger partial charge in [-0.1, -0.05) is 18.2 Å². The molecule has 2 aromatic rings. The highest BCUT2D eigenvalue weighted by Crippen LogP contribution is 2.16. The molecule has 0 aliphatic rings. The fourth-order valence-corrected chi connectivity index (χ4v) is 2.94. The van der Waals surface area contributed by atoms with Crippen LogP contribution in [0.1, 0.15) is 29.8 Å². The number of anilines is 1. The van der Waals surface area contributed by atoms with Crippen molar-refractivity contribution in [1.82, 2.24) is 10.6 Å². The van der Waals surface area contributed by atoms with E-state index in [2.05, 4.69) is 16.0 Å². The number of carbonyl (C=O) groups excluding carboxylic acids is 2. The highest BCUT2D eigenvalue weighted by molar-refractivity contribution is 7.90. The summed E-state index contributed by atoms with van der Waals surface area (Å²) in [5, 5.41) is 8.14. The van der Waals surface area contributed by atoms with Gasteiger partial charge in [-0.25, -0.2) is 13.2 Å². The first kappa shape index (κ1) is 20.4. The van der Waals surface area contributed by atoms with Gasteiger partial charge in [-0.2, -0.15) is 0 Å². The molecular weight excluding hydrogens is 366 g/mol. The predicted molar refractivity (Wildman–Crippen MR) is 104 cm³/mol. The van der Waals surface area contributed by atoms with Crippen molar-refractivity contribution < 1.29 is 18.0 Å². The van der Waals surface area contributed by atoms with E-state index >= 15 is 0 Å². The molecule has 27 heavy (non-hydrogen) atoms. The van der Waals surface area contributed by atoms with Crippen molar-refractivity contribution in [3.63, 3.8) is 0 Å². The number of urea groups is 1. The van der Waals surface area contributed by atoms with Crippen LogP contribution in [0.4, 0.5) is 10.5 Å². The lowest BCUT2D eigenvalue weighted by Crippen LogP contribution is -2.39. The van der Waals surface area contributed by atoms with E-state index in [0.29, 0.717) is 17.8 Å². The molecule has 8 heteroatoms. The summed E-state index contributed by atoms with van der Waals surface area (Å²) in [4.78, 5) is 24.0. The molecule has 7 nitrogen and oxygen atoms in total. The van der Waals surface area contributed by atoms with Crippen LogP contribution >= 0.6 is 0 Å². The molecular formula is C19H23N3O4S. The summed E-state index contributed by atoms with van der Waals surface area (Å²) >= 11 is 0. The van der Waals surface area contributed by atoms with Crippen LogP contribution in [-0.4, -0.2) is 32.7 Å². The van der Waals surface area contributed by atoms with Gasteiger partial charge in [-0.3, -0.25) is 4.79 Å². The molecule has 0 saturated carbocycles. The molecule has 0 unspecified atom stereocenters. The maximum Gasteiger partial charge on any atom is 0.315 e. The molecule has 0 aromatic heterocycles. The molecule has 0 radical (unpaired) electrons. The fourth-order valence-electron chi connectivity index (χ4n) is 2.28. The molecule has 0 spiro atoms. The van der Waals surface area contributed by atoms with E-state index in [1.165, 1.54) is 12.1 Å². The average Bonchev–Trinajstić information content (AvgIpc) is 2.59. The minimum absolute atomic E-state index is 0.0530. The van der Waals surface area contributed by atoms with Gasteiger partial charge in [0.15, 0.2) is 9.84 Å². The second kappa shape index (κ2) is 8.68. The normalized spacial score (nSPS) is 11.1. The Hall–Kier alpha value is -2.87. The van der Waals surface area contributed by atoms with Crippen LogP contribution in [0, 0.1) is 0 Å². The van der Waals surface area contributed by atoms with Crippen molar-refractivity contribution in [2.45, 2.75) is 31.3 Å². The Balaban J connectivity index is 1.99. The van der Waals surface area contributed by atoms with Gasteiger partial charge in [0.25, 0.3) is 5.91 Å². The Labute approximate surface area is 159 Å². The van der Waals surface area contributed by atoms with Gasteiger partial charge >= 0.3 is 6.03 Å². The zero-order valence-electron chi connectivity index (χ0n) is 15.4. The van der Waals surface area contributed by atoms with E-state index in [9.17, 15) is 18.0 Å². The average molecular weight is 389 g/mol. The summed E-state index contributed by atoms with van der Waals surface area (Å²) < 4.78 is 23.2. The third-order valence-electron chi connectivity index (χ3n) is 3.61. The second-order valence-corrected chi connectivity index (χ2v) is 8.45. The molecule has 3 amide bonds. The first-order valence-electron chi connectivity index (χ1n) is 8.40. The van der Waals surface area contributed by atoms with Gasteiger partial charge in [-0.15, -0.1) is 0 Å². The van der Waals surface area contributed by atoms with Crippen molar-refractivity contribution in [2.75, 3.05) is 11.6 Å². The maximum atomic E-state index is 12.3. The third-order valence-corrected chi connectivity index (χ3v) is 4.72. The lowest BCUT2D eigenvalue weighted by atomic mass is 10.1. The number of hydrogen-bond donors (Lipinski definition) is 3. The van der Waals surface area contributed by atoms with E-state index in [1.54, 1.807) is 36.4 Å². The van der Waals surface area contributed by atoms with Gasteiger partial charge in [0, 0.05) is 30.1 Å².